The maximum atomic E-state index is 12.9. The Morgan fingerprint density at radius 3 is 2.74 bits per heavy atom. The minimum absolute atomic E-state index is 0.105. The van der Waals surface area contributed by atoms with Crippen LogP contribution in [-0.4, -0.2) is 25.1 Å². The molecule has 23 heavy (non-hydrogen) atoms. The molecular formula is C12H11F3N6O2. The monoisotopic (exact) mass is 328 g/mol. The first-order valence-electron chi connectivity index (χ1n) is 6.72. The number of nitro groups is 1. The first kappa shape index (κ1) is 15.2. The van der Waals surface area contributed by atoms with Crippen molar-refractivity contribution in [2.45, 2.75) is 31.6 Å². The Morgan fingerprint density at radius 2 is 2.13 bits per heavy atom. The van der Waals surface area contributed by atoms with E-state index in [1.54, 1.807) is 4.68 Å². The topological polar surface area (TPSA) is 98.8 Å². The second-order valence-corrected chi connectivity index (χ2v) is 5.11. The quantitative estimate of drug-likeness (QED) is 0.669. The Hall–Kier alpha value is -2.72. The molecule has 8 nitrogen and oxygen atoms in total. The summed E-state index contributed by atoms with van der Waals surface area (Å²) in [7, 11) is 0. The van der Waals surface area contributed by atoms with Crippen LogP contribution < -0.4 is 5.32 Å². The molecule has 3 rings (SSSR count). The van der Waals surface area contributed by atoms with Crippen molar-refractivity contribution in [3.8, 4) is 0 Å². The lowest BCUT2D eigenvalue weighted by atomic mass is 10.1. The molecule has 1 fully saturated rings. The van der Waals surface area contributed by atoms with Crippen LogP contribution in [0.4, 0.5) is 24.5 Å². The summed E-state index contributed by atoms with van der Waals surface area (Å²) in [5.41, 5.74) is -2.17. The Kier molecular flexibility index (Phi) is 3.62. The summed E-state index contributed by atoms with van der Waals surface area (Å²) in [6.45, 7) is 0.124. The van der Waals surface area contributed by atoms with Crippen LogP contribution in [0.3, 0.4) is 0 Å². The lowest BCUT2D eigenvalue weighted by molar-refractivity contribution is -0.388. The van der Waals surface area contributed by atoms with Crippen LogP contribution in [0.2, 0.25) is 0 Å². The molecule has 1 heterocycles. The molecule has 1 aliphatic rings. The smallest absolute Gasteiger partial charge is 0.378 e. The highest BCUT2D eigenvalue weighted by Gasteiger charge is 2.38. The summed E-state index contributed by atoms with van der Waals surface area (Å²) in [6, 6.07) is 3.00. The number of tetrazole rings is 1. The lowest BCUT2D eigenvalue weighted by Crippen LogP contribution is -2.12. The van der Waals surface area contributed by atoms with E-state index in [1.165, 1.54) is 6.07 Å². The van der Waals surface area contributed by atoms with Crippen molar-refractivity contribution in [3.05, 3.63) is 39.7 Å². The molecule has 11 heteroatoms. The molecule has 0 radical (unpaired) electrons. The fourth-order valence-corrected chi connectivity index (χ4v) is 2.14. The Bertz CT molecular complexity index is 741. The highest BCUT2D eigenvalue weighted by molar-refractivity contribution is 5.55. The zero-order valence-corrected chi connectivity index (χ0v) is 11.6. The summed E-state index contributed by atoms with van der Waals surface area (Å²) in [5.74, 6) is 0.499. The number of hydrogen-bond acceptors (Lipinski definition) is 6. The molecule has 2 aromatic rings. The molecule has 1 aliphatic carbocycles. The third-order valence-electron chi connectivity index (χ3n) is 3.40. The number of halogens is 3. The predicted molar refractivity (Wildman–Crippen MR) is 71.5 cm³/mol. The number of rotatable bonds is 5. The van der Waals surface area contributed by atoms with Crippen LogP contribution >= 0.6 is 0 Å². The first-order valence-corrected chi connectivity index (χ1v) is 6.72. The second-order valence-electron chi connectivity index (χ2n) is 5.11. The van der Waals surface area contributed by atoms with Gasteiger partial charge >= 0.3 is 6.18 Å². The summed E-state index contributed by atoms with van der Waals surface area (Å²) in [6.07, 6.45) is -2.88. The van der Waals surface area contributed by atoms with E-state index >= 15 is 0 Å². The van der Waals surface area contributed by atoms with Crippen molar-refractivity contribution in [1.29, 1.82) is 0 Å². The van der Waals surface area contributed by atoms with E-state index in [4.69, 9.17) is 0 Å². The number of aromatic nitrogens is 4. The van der Waals surface area contributed by atoms with Gasteiger partial charge in [-0.25, -0.2) is 4.68 Å². The minimum atomic E-state index is -4.81. The zero-order valence-electron chi connectivity index (χ0n) is 11.6. The molecule has 0 saturated heterocycles. The van der Waals surface area contributed by atoms with Crippen LogP contribution in [0.1, 0.15) is 30.3 Å². The molecule has 1 aromatic heterocycles. The van der Waals surface area contributed by atoms with Crippen LogP contribution in [-0.2, 0) is 12.7 Å². The molecule has 1 N–H and O–H groups in total. The van der Waals surface area contributed by atoms with E-state index in [0.717, 1.165) is 18.9 Å². The first-order chi connectivity index (χ1) is 10.9. The molecule has 0 atom stereocenters. The van der Waals surface area contributed by atoms with Crippen LogP contribution in [0.15, 0.2) is 18.2 Å². The lowest BCUT2D eigenvalue weighted by Gasteiger charge is -2.11. The van der Waals surface area contributed by atoms with Gasteiger partial charge in [0.25, 0.3) is 5.69 Å². The second kappa shape index (κ2) is 5.48. The van der Waals surface area contributed by atoms with Crippen molar-refractivity contribution in [3.63, 3.8) is 0 Å². The van der Waals surface area contributed by atoms with Gasteiger partial charge in [0.05, 0.1) is 17.5 Å². The average molecular weight is 328 g/mol. The molecule has 0 spiro atoms. The average Bonchev–Trinajstić information content (AvgIpc) is 3.22. The molecule has 0 bridgehead atoms. The number of nitrogens with zero attached hydrogens (tertiary/aromatic N) is 5. The number of nitro benzene ring substituents is 1. The summed E-state index contributed by atoms with van der Waals surface area (Å²) >= 11 is 0. The Balaban J connectivity index is 1.80. The maximum Gasteiger partial charge on any atom is 0.423 e. The summed E-state index contributed by atoms with van der Waals surface area (Å²) in [5, 5.41) is 24.7. The van der Waals surface area contributed by atoms with Crippen LogP contribution in [0.5, 0.6) is 0 Å². The van der Waals surface area contributed by atoms with Crippen LogP contribution in [0.25, 0.3) is 0 Å². The number of hydrogen-bond donors (Lipinski definition) is 1. The molecule has 1 saturated carbocycles. The van der Waals surface area contributed by atoms with E-state index in [2.05, 4.69) is 20.8 Å². The van der Waals surface area contributed by atoms with Gasteiger partial charge in [0.1, 0.15) is 5.56 Å². The van der Waals surface area contributed by atoms with Gasteiger partial charge in [0.2, 0.25) is 0 Å². The standard InChI is InChI=1S/C12H11F3N6O2/c13-12(14,15)9-5-7(1-4-10(9)21(22)23)16-6-11-17-18-19-20(11)8-2-3-8/h1,4-5,8,16H,2-3,6H2. The molecular weight excluding hydrogens is 317 g/mol. The fraction of sp³-hybridized carbons (Fsp3) is 0.417. The Labute approximate surface area is 127 Å². The third kappa shape index (κ3) is 3.22. The van der Waals surface area contributed by atoms with E-state index < -0.39 is 22.4 Å². The minimum Gasteiger partial charge on any atom is -0.378 e. The number of anilines is 1. The molecule has 0 unspecified atom stereocenters. The van der Waals surface area contributed by atoms with Crippen molar-refractivity contribution < 1.29 is 18.1 Å². The summed E-state index contributed by atoms with van der Waals surface area (Å²) < 4.78 is 40.4. The van der Waals surface area contributed by atoms with Gasteiger partial charge in [0.15, 0.2) is 5.82 Å². The van der Waals surface area contributed by atoms with Gasteiger partial charge in [-0.05, 0) is 35.4 Å². The van der Waals surface area contributed by atoms with Crippen molar-refractivity contribution in [2.75, 3.05) is 5.32 Å². The predicted octanol–water partition coefficient (Wildman–Crippen LogP) is 2.55. The van der Waals surface area contributed by atoms with Gasteiger partial charge in [-0.2, -0.15) is 13.2 Å². The molecule has 0 amide bonds. The highest BCUT2D eigenvalue weighted by atomic mass is 19.4. The van der Waals surface area contributed by atoms with Crippen molar-refractivity contribution in [2.24, 2.45) is 0 Å². The van der Waals surface area contributed by atoms with Crippen molar-refractivity contribution >= 4 is 11.4 Å². The number of nitrogens with one attached hydrogen (secondary N) is 1. The molecule has 1 aromatic carbocycles. The van der Waals surface area contributed by atoms with Gasteiger partial charge in [-0.3, -0.25) is 10.1 Å². The number of alkyl halides is 3. The zero-order chi connectivity index (χ0) is 16.6. The van der Waals surface area contributed by atoms with E-state index in [9.17, 15) is 23.3 Å². The Morgan fingerprint density at radius 1 is 1.39 bits per heavy atom. The van der Waals surface area contributed by atoms with Crippen molar-refractivity contribution in [1.82, 2.24) is 20.2 Å². The third-order valence-corrected chi connectivity index (χ3v) is 3.40. The molecule has 0 aliphatic heterocycles. The van der Waals surface area contributed by atoms with E-state index in [-0.39, 0.29) is 18.3 Å². The maximum absolute atomic E-state index is 12.9. The van der Waals surface area contributed by atoms with Gasteiger partial charge in [-0.15, -0.1) is 5.10 Å². The number of benzene rings is 1. The fourth-order valence-electron chi connectivity index (χ4n) is 2.14. The van der Waals surface area contributed by atoms with Crippen LogP contribution in [0, 0.1) is 10.1 Å². The SMILES string of the molecule is O=[N+]([O-])c1ccc(NCc2nnnn2C2CC2)cc1C(F)(F)F. The molecule has 122 valence electrons. The van der Waals surface area contributed by atoms with Gasteiger partial charge < -0.3 is 5.32 Å². The van der Waals surface area contributed by atoms with Gasteiger partial charge in [0, 0.05) is 11.8 Å². The van der Waals surface area contributed by atoms with E-state index in [0.29, 0.717) is 11.9 Å². The van der Waals surface area contributed by atoms with E-state index in [1.807, 2.05) is 0 Å². The normalized spacial score (nSPS) is 14.7. The highest BCUT2D eigenvalue weighted by Crippen LogP contribution is 2.38. The van der Waals surface area contributed by atoms with Gasteiger partial charge in [-0.1, -0.05) is 0 Å². The summed E-state index contributed by atoms with van der Waals surface area (Å²) in [4.78, 5) is 9.65. The largest absolute Gasteiger partial charge is 0.423 e.